The molecule has 1 aromatic rings. The minimum atomic E-state index is -0.983. The van der Waals surface area contributed by atoms with Crippen LogP contribution in [0.3, 0.4) is 0 Å². The first kappa shape index (κ1) is 12.1. The first-order valence-corrected chi connectivity index (χ1v) is 5.54. The number of thioether (sulfide) groups is 1. The van der Waals surface area contributed by atoms with Gasteiger partial charge in [-0.05, 0) is 19.9 Å². The number of carbonyl (C=O) groups excluding carboxylic acids is 1. The lowest BCUT2D eigenvalue weighted by Gasteiger charge is -2.19. The quantitative estimate of drug-likeness (QED) is 0.711. The van der Waals surface area contributed by atoms with Crippen LogP contribution in [0.25, 0.3) is 0 Å². The van der Waals surface area contributed by atoms with Crippen molar-refractivity contribution in [2.24, 2.45) is 18.5 Å². The fourth-order valence-electron chi connectivity index (χ4n) is 1.02. The monoisotopic (exact) mass is 228 g/mol. The molecule has 0 bridgehead atoms. The van der Waals surface area contributed by atoms with Gasteiger partial charge in [-0.1, -0.05) is 0 Å². The Labute approximate surface area is 93.2 Å². The number of hydrogen-bond acceptors (Lipinski definition) is 4. The van der Waals surface area contributed by atoms with Gasteiger partial charge in [0.2, 0.25) is 5.91 Å². The SMILES string of the molecule is Cc1cc(SCC(C)(N)C(N)=O)n(C)n1. The Morgan fingerprint density at radius 1 is 1.73 bits per heavy atom. The molecule has 1 amide bonds. The lowest BCUT2D eigenvalue weighted by Crippen LogP contribution is -2.51. The van der Waals surface area contributed by atoms with Crippen molar-refractivity contribution in [1.82, 2.24) is 9.78 Å². The van der Waals surface area contributed by atoms with Crippen LogP contribution in [0.2, 0.25) is 0 Å². The van der Waals surface area contributed by atoms with Crippen LogP contribution in [-0.4, -0.2) is 27.0 Å². The summed E-state index contributed by atoms with van der Waals surface area (Å²) in [7, 11) is 1.85. The Morgan fingerprint density at radius 3 is 2.73 bits per heavy atom. The Kier molecular flexibility index (Phi) is 3.41. The van der Waals surface area contributed by atoms with E-state index in [0.717, 1.165) is 10.7 Å². The Hall–Kier alpha value is -1.01. The van der Waals surface area contributed by atoms with Gasteiger partial charge in [-0.25, -0.2) is 0 Å². The smallest absolute Gasteiger partial charge is 0.238 e. The molecular weight excluding hydrogens is 212 g/mol. The molecule has 0 fully saturated rings. The maximum atomic E-state index is 11.0. The third kappa shape index (κ3) is 2.97. The van der Waals surface area contributed by atoms with Gasteiger partial charge in [0, 0.05) is 12.8 Å². The molecule has 6 heteroatoms. The zero-order valence-electron chi connectivity index (χ0n) is 9.15. The van der Waals surface area contributed by atoms with Crippen LogP contribution in [0.15, 0.2) is 11.1 Å². The van der Waals surface area contributed by atoms with Crippen molar-refractivity contribution in [3.63, 3.8) is 0 Å². The molecule has 0 aliphatic carbocycles. The number of rotatable bonds is 4. The third-order valence-electron chi connectivity index (χ3n) is 2.04. The molecular formula is C9H16N4OS. The summed E-state index contributed by atoms with van der Waals surface area (Å²) in [6.07, 6.45) is 0. The van der Waals surface area contributed by atoms with Crippen molar-refractivity contribution < 1.29 is 4.79 Å². The number of carbonyl (C=O) groups is 1. The maximum Gasteiger partial charge on any atom is 0.238 e. The first-order chi connectivity index (χ1) is 6.83. The molecule has 84 valence electrons. The van der Waals surface area contributed by atoms with Crippen LogP contribution in [0, 0.1) is 6.92 Å². The summed E-state index contributed by atoms with van der Waals surface area (Å²) in [4.78, 5) is 11.0. The van der Waals surface area contributed by atoms with Gasteiger partial charge in [0.25, 0.3) is 0 Å². The van der Waals surface area contributed by atoms with E-state index in [1.165, 1.54) is 11.8 Å². The van der Waals surface area contributed by atoms with Crippen molar-refractivity contribution in [2.45, 2.75) is 24.4 Å². The minimum absolute atomic E-state index is 0.446. The van der Waals surface area contributed by atoms with Gasteiger partial charge in [-0.2, -0.15) is 5.10 Å². The number of hydrogen-bond donors (Lipinski definition) is 2. The van der Waals surface area contributed by atoms with E-state index >= 15 is 0 Å². The topological polar surface area (TPSA) is 86.9 Å². The van der Waals surface area contributed by atoms with Crippen LogP contribution in [0.4, 0.5) is 0 Å². The summed E-state index contributed by atoms with van der Waals surface area (Å²) in [5.74, 6) is -0.0460. The first-order valence-electron chi connectivity index (χ1n) is 4.55. The zero-order valence-corrected chi connectivity index (χ0v) is 9.97. The molecule has 0 spiro atoms. The molecule has 1 heterocycles. The second-order valence-electron chi connectivity index (χ2n) is 3.82. The highest BCUT2D eigenvalue weighted by atomic mass is 32.2. The van der Waals surface area contributed by atoms with Crippen LogP contribution >= 0.6 is 11.8 Å². The molecule has 0 aliphatic rings. The molecule has 0 radical (unpaired) electrons. The fourth-order valence-corrected chi connectivity index (χ4v) is 2.09. The number of nitrogens with zero attached hydrogens (tertiary/aromatic N) is 2. The summed E-state index contributed by atoms with van der Waals surface area (Å²) in [5.41, 5.74) is 10.9. The van der Waals surface area contributed by atoms with E-state index in [-0.39, 0.29) is 0 Å². The summed E-state index contributed by atoms with van der Waals surface area (Å²) in [5, 5.41) is 5.17. The van der Waals surface area contributed by atoms with Gasteiger partial charge in [0.05, 0.1) is 10.7 Å². The van der Waals surface area contributed by atoms with Crippen LogP contribution in [0.1, 0.15) is 12.6 Å². The van der Waals surface area contributed by atoms with Crippen molar-refractivity contribution >= 4 is 17.7 Å². The van der Waals surface area contributed by atoms with E-state index in [1.54, 1.807) is 11.6 Å². The van der Waals surface area contributed by atoms with Crippen LogP contribution in [0.5, 0.6) is 0 Å². The van der Waals surface area contributed by atoms with Crippen molar-refractivity contribution in [3.05, 3.63) is 11.8 Å². The largest absolute Gasteiger partial charge is 0.368 e. The highest BCUT2D eigenvalue weighted by Crippen LogP contribution is 2.21. The van der Waals surface area contributed by atoms with E-state index in [4.69, 9.17) is 11.5 Å². The highest BCUT2D eigenvalue weighted by molar-refractivity contribution is 7.99. The molecule has 1 aromatic heterocycles. The number of nitrogens with two attached hydrogens (primary N) is 2. The lowest BCUT2D eigenvalue weighted by molar-refractivity contribution is -0.121. The summed E-state index contributed by atoms with van der Waals surface area (Å²) in [6.45, 7) is 3.55. The molecule has 1 rings (SSSR count). The molecule has 0 aliphatic heterocycles. The molecule has 1 atom stereocenters. The number of primary amides is 1. The normalized spacial score (nSPS) is 14.9. The van der Waals surface area contributed by atoms with Crippen molar-refractivity contribution in [2.75, 3.05) is 5.75 Å². The fraction of sp³-hybridized carbons (Fsp3) is 0.556. The van der Waals surface area contributed by atoms with Gasteiger partial charge < -0.3 is 11.5 Å². The highest BCUT2D eigenvalue weighted by Gasteiger charge is 2.26. The van der Waals surface area contributed by atoms with E-state index in [2.05, 4.69) is 5.10 Å². The standard InChI is InChI=1S/C9H16N4OS/c1-6-4-7(13(3)12-6)15-5-9(2,11)8(10)14/h4H,5,11H2,1-3H3,(H2,10,14). The van der Waals surface area contributed by atoms with Crippen molar-refractivity contribution in [1.29, 1.82) is 0 Å². The molecule has 0 saturated heterocycles. The predicted molar refractivity (Wildman–Crippen MR) is 60.5 cm³/mol. The van der Waals surface area contributed by atoms with Crippen molar-refractivity contribution in [3.8, 4) is 0 Å². The number of amides is 1. The van der Waals surface area contributed by atoms with E-state index in [9.17, 15) is 4.79 Å². The second kappa shape index (κ2) is 4.24. The lowest BCUT2D eigenvalue weighted by atomic mass is 10.1. The molecule has 4 N–H and O–H groups in total. The van der Waals surface area contributed by atoms with Gasteiger partial charge >= 0.3 is 0 Å². The van der Waals surface area contributed by atoms with E-state index in [1.807, 2.05) is 20.0 Å². The molecule has 1 unspecified atom stereocenters. The van der Waals surface area contributed by atoms with E-state index < -0.39 is 11.4 Å². The summed E-state index contributed by atoms with van der Waals surface area (Å²) < 4.78 is 1.76. The average Bonchev–Trinajstić information content (AvgIpc) is 2.41. The zero-order chi connectivity index (χ0) is 11.6. The minimum Gasteiger partial charge on any atom is -0.368 e. The van der Waals surface area contributed by atoms with Gasteiger partial charge in [0.1, 0.15) is 5.54 Å². The average molecular weight is 228 g/mol. The van der Waals surface area contributed by atoms with Crippen LogP contribution in [-0.2, 0) is 11.8 Å². The Balaban J connectivity index is 2.65. The predicted octanol–water partition coefficient (Wildman–Crippen LogP) is 0.0233. The third-order valence-corrected chi connectivity index (χ3v) is 3.46. The molecule has 5 nitrogen and oxygen atoms in total. The second-order valence-corrected chi connectivity index (χ2v) is 4.81. The Morgan fingerprint density at radius 2 is 2.33 bits per heavy atom. The van der Waals surface area contributed by atoms with Gasteiger partial charge in [-0.3, -0.25) is 9.48 Å². The molecule has 0 aromatic carbocycles. The van der Waals surface area contributed by atoms with Gasteiger partial charge in [-0.15, -0.1) is 11.8 Å². The molecule has 0 saturated carbocycles. The summed E-state index contributed by atoms with van der Waals surface area (Å²) in [6, 6.07) is 1.95. The van der Waals surface area contributed by atoms with Crippen LogP contribution < -0.4 is 11.5 Å². The van der Waals surface area contributed by atoms with E-state index in [0.29, 0.717) is 5.75 Å². The Bertz CT molecular complexity index is 372. The summed E-state index contributed by atoms with van der Waals surface area (Å²) >= 11 is 1.48. The van der Waals surface area contributed by atoms with Gasteiger partial charge in [0.15, 0.2) is 0 Å². The number of aryl methyl sites for hydroxylation is 2. The number of aromatic nitrogens is 2. The molecule has 15 heavy (non-hydrogen) atoms. The maximum absolute atomic E-state index is 11.0.